The van der Waals surface area contributed by atoms with Gasteiger partial charge in [0.1, 0.15) is 6.33 Å². The molecule has 1 aromatic heterocycles. The maximum atomic E-state index is 12.2. The summed E-state index contributed by atoms with van der Waals surface area (Å²) in [6.45, 7) is 4.26. The second kappa shape index (κ2) is 12.8. The van der Waals surface area contributed by atoms with E-state index in [0.29, 0.717) is 16.6 Å². The molecule has 0 radical (unpaired) electrons. The van der Waals surface area contributed by atoms with E-state index < -0.39 is 0 Å². The van der Waals surface area contributed by atoms with Crippen molar-refractivity contribution in [1.29, 1.82) is 0 Å². The van der Waals surface area contributed by atoms with Crippen LogP contribution in [0.5, 0.6) is 0 Å². The van der Waals surface area contributed by atoms with Gasteiger partial charge in [0, 0.05) is 49.9 Å². The highest BCUT2D eigenvalue weighted by Gasteiger charge is 2.28. The van der Waals surface area contributed by atoms with Gasteiger partial charge in [-0.25, -0.2) is 4.79 Å². The van der Waals surface area contributed by atoms with Crippen molar-refractivity contribution in [2.75, 3.05) is 26.2 Å². The summed E-state index contributed by atoms with van der Waals surface area (Å²) >= 11 is 12.6. The molecule has 0 saturated carbocycles. The molecule has 5 rings (SSSR count). The molecule has 2 aromatic carbocycles. The van der Waals surface area contributed by atoms with Crippen molar-refractivity contribution >= 4 is 41.6 Å². The van der Waals surface area contributed by atoms with Crippen LogP contribution in [0.4, 0.5) is 4.79 Å². The molecule has 3 aromatic rings. The van der Waals surface area contributed by atoms with Gasteiger partial charge in [0.25, 0.3) is 0 Å². The number of halogens is 3. The van der Waals surface area contributed by atoms with E-state index in [4.69, 9.17) is 23.2 Å². The molecule has 37 heavy (non-hydrogen) atoms. The van der Waals surface area contributed by atoms with Crippen LogP contribution in [0.1, 0.15) is 30.7 Å². The Morgan fingerprint density at radius 3 is 2.57 bits per heavy atom. The first-order valence-corrected chi connectivity index (χ1v) is 13.2. The SMILES string of the molecule is Cl.O=C1NCC=CN1C1CCN(CCC(Cn2cnnc2-c2ccccc2)c2ccc(Cl)c(Cl)c2)CC1. The Kier molecular flexibility index (Phi) is 9.49. The van der Waals surface area contributed by atoms with E-state index in [9.17, 15) is 4.79 Å². The van der Waals surface area contributed by atoms with E-state index in [1.165, 1.54) is 0 Å². The zero-order chi connectivity index (χ0) is 24.9. The molecule has 196 valence electrons. The van der Waals surface area contributed by atoms with Crippen molar-refractivity contribution in [2.45, 2.75) is 37.8 Å². The average Bonchev–Trinajstić information content (AvgIpc) is 3.38. The van der Waals surface area contributed by atoms with Crippen LogP contribution in [0, 0.1) is 0 Å². The number of likely N-dealkylation sites (tertiary alicyclic amines) is 1. The Morgan fingerprint density at radius 1 is 1.05 bits per heavy atom. The lowest BCUT2D eigenvalue weighted by Crippen LogP contribution is -2.50. The summed E-state index contributed by atoms with van der Waals surface area (Å²) in [6, 6.07) is 16.3. The van der Waals surface area contributed by atoms with Crippen LogP contribution >= 0.6 is 35.6 Å². The minimum atomic E-state index is 0. The lowest BCUT2D eigenvalue weighted by molar-refractivity contribution is 0.140. The Morgan fingerprint density at radius 2 is 1.84 bits per heavy atom. The van der Waals surface area contributed by atoms with E-state index in [1.54, 1.807) is 6.33 Å². The lowest BCUT2D eigenvalue weighted by atomic mass is 9.94. The molecule has 0 spiro atoms. The topological polar surface area (TPSA) is 66.3 Å². The van der Waals surface area contributed by atoms with Crippen molar-refractivity contribution in [3.63, 3.8) is 0 Å². The van der Waals surface area contributed by atoms with Crippen LogP contribution in [0.3, 0.4) is 0 Å². The summed E-state index contributed by atoms with van der Waals surface area (Å²) in [6.07, 6.45) is 8.64. The van der Waals surface area contributed by atoms with Crippen molar-refractivity contribution < 1.29 is 4.79 Å². The molecule has 1 saturated heterocycles. The summed E-state index contributed by atoms with van der Waals surface area (Å²) in [5.41, 5.74) is 2.20. The highest BCUT2D eigenvalue weighted by atomic mass is 35.5. The maximum Gasteiger partial charge on any atom is 0.321 e. The van der Waals surface area contributed by atoms with Gasteiger partial charge < -0.3 is 14.8 Å². The van der Waals surface area contributed by atoms with Gasteiger partial charge >= 0.3 is 6.03 Å². The molecule has 1 unspecified atom stereocenters. The number of aromatic nitrogens is 3. The van der Waals surface area contributed by atoms with E-state index in [0.717, 1.165) is 62.4 Å². The number of rotatable bonds is 8. The first kappa shape index (κ1) is 27.5. The molecular weight excluding hydrogens is 531 g/mol. The van der Waals surface area contributed by atoms with Gasteiger partial charge in [0.15, 0.2) is 5.82 Å². The molecule has 2 amide bonds. The molecule has 1 fully saturated rings. The van der Waals surface area contributed by atoms with Crippen molar-refractivity contribution in [1.82, 2.24) is 29.9 Å². The predicted octanol–water partition coefficient (Wildman–Crippen LogP) is 5.85. The van der Waals surface area contributed by atoms with Crippen LogP contribution in [0.15, 0.2) is 67.1 Å². The molecular formula is C27H31Cl3N6O. The molecule has 2 aliphatic heterocycles. The number of carbonyl (C=O) groups excluding carboxylic acids is 1. The monoisotopic (exact) mass is 560 g/mol. The number of nitrogens with zero attached hydrogens (tertiary/aromatic N) is 5. The van der Waals surface area contributed by atoms with Crippen LogP contribution in [0.25, 0.3) is 11.4 Å². The van der Waals surface area contributed by atoms with Gasteiger partial charge in [-0.2, -0.15) is 0 Å². The Hall–Kier alpha value is -2.58. The number of piperidine rings is 1. The second-order valence-corrected chi connectivity index (χ2v) is 10.2. The minimum absolute atomic E-state index is 0. The maximum absolute atomic E-state index is 12.2. The largest absolute Gasteiger partial charge is 0.334 e. The number of hydrogen-bond donors (Lipinski definition) is 1. The highest BCUT2D eigenvalue weighted by Crippen LogP contribution is 2.31. The van der Waals surface area contributed by atoms with Crippen molar-refractivity contribution in [3.05, 3.63) is 82.7 Å². The van der Waals surface area contributed by atoms with Gasteiger partial charge in [0.05, 0.1) is 10.0 Å². The van der Waals surface area contributed by atoms with Gasteiger partial charge in [0.2, 0.25) is 0 Å². The fraction of sp³-hybridized carbons (Fsp3) is 0.370. The van der Waals surface area contributed by atoms with Gasteiger partial charge in [-0.3, -0.25) is 4.90 Å². The summed E-state index contributed by atoms with van der Waals surface area (Å²) < 4.78 is 2.12. The van der Waals surface area contributed by atoms with E-state index in [2.05, 4.69) is 43.2 Å². The zero-order valence-corrected chi connectivity index (χ0v) is 22.8. The summed E-state index contributed by atoms with van der Waals surface area (Å²) in [5, 5.41) is 12.6. The van der Waals surface area contributed by atoms with Crippen LogP contribution in [-0.4, -0.2) is 62.8 Å². The number of nitrogens with one attached hydrogen (secondary N) is 1. The molecule has 0 bridgehead atoms. The fourth-order valence-electron chi connectivity index (χ4n) is 5.09. The molecule has 3 heterocycles. The third kappa shape index (κ3) is 6.65. The van der Waals surface area contributed by atoms with E-state index in [-0.39, 0.29) is 30.4 Å². The Labute approximate surface area is 233 Å². The lowest BCUT2D eigenvalue weighted by Gasteiger charge is -2.38. The minimum Gasteiger partial charge on any atom is -0.334 e. The highest BCUT2D eigenvalue weighted by molar-refractivity contribution is 6.42. The molecule has 0 aliphatic carbocycles. The molecule has 1 atom stereocenters. The third-order valence-corrected chi connectivity index (χ3v) is 7.83. The molecule has 10 heteroatoms. The van der Waals surface area contributed by atoms with Crippen LogP contribution < -0.4 is 5.32 Å². The number of amides is 2. The van der Waals surface area contributed by atoms with Crippen LogP contribution in [-0.2, 0) is 6.54 Å². The third-order valence-electron chi connectivity index (χ3n) is 7.10. The normalized spacial score (nSPS) is 17.4. The second-order valence-electron chi connectivity index (χ2n) is 9.38. The quantitative estimate of drug-likeness (QED) is 0.375. The molecule has 7 nitrogen and oxygen atoms in total. The zero-order valence-electron chi connectivity index (χ0n) is 20.5. The first-order chi connectivity index (χ1) is 17.6. The Bertz CT molecular complexity index is 1210. The van der Waals surface area contributed by atoms with Gasteiger partial charge in [-0.05, 0) is 49.6 Å². The molecule has 1 N–H and O–H groups in total. The standard InChI is InChI=1S/C27H30Cl2N6O.ClH/c28-24-8-7-21(17-25(24)29)22(18-34-19-31-32-26(34)20-5-2-1-3-6-20)9-14-33-15-10-23(11-16-33)35-13-4-12-30-27(35)36;/h1-8,13,17,19,22-23H,9-12,14-16,18H2,(H,30,36);1H. The van der Waals surface area contributed by atoms with Crippen molar-refractivity contribution in [3.8, 4) is 11.4 Å². The van der Waals surface area contributed by atoms with Gasteiger partial charge in [-0.1, -0.05) is 59.6 Å². The number of urea groups is 1. The fourth-order valence-corrected chi connectivity index (χ4v) is 5.39. The molecule has 2 aliphatic rings. The van der Waals surface area contributed by atoms with Crippen molar-refractivity contribution in [2.24, 2.45) is 0 Å². The van der Waals surface area contributed by atoms with E-state index in [1.807, 2.05) is 47.5 Å². The first-order valence-electron chi connectivity index (χ1n) is 12.4. The number of carbonyl (C=O) groups is 1. The smallest absolute Gasteiger partial charge is 0.321 e. The summed E-state index contributed by atoms with van der Waals surface area (Å²) in [5.74, 6) is 1.07. The number of hydrogen-bond acceptors (Lipinski definition) is 4. The average molecular weight is 562 g/mol. The van der Waals surface area contributed by atoms with Gasteiger partial charge in [-0.15, -0.1) is 22.6 Å². The number of benzene rings is 2. The summed E-state index contributed by atoms with van der Waals surface area (Å²) in [4.78, 5) is 16.6. The van der Waals surface area contributed by atoms with E-state index >= 15 is 0 Å². The summed E-state index contributed by atoms with van der Waals surface area (Å²) in [7, 11) is 0. The predicted molar refractivity (Wildman–Crippen MR) is 150 cm³/mol. The Balaban J connectivity index is 0.00000320. The van der Waals surface area contributed by atoms with Crippen LogP contribution in [0.2, 0.25) is 10.0 Å².